The van der Waals surface area contributed by atoms with E-state index in [1.54, 1.807) is 0 Å². The highest BCUT2D eigenvalue weighted by Crippen LogP contribution is 2.17. The Balaban J connectivity index is 2.59. The zero-order valence-electron chi connectivity index (χ0n) is 10.3. The van der Waals surface area contributed by atoms with Gasteiger partial charge in [-0.05, 0) is 31.5 Å². The van der Waals surface area contributed by atoms with Gasteiger partial charge in [-0.1, -0.05) is 12.1 Å². The molecule has 0 radical (unpaired) electrons. The highest BCUT2D eigenvalue weighted by Gasteiger charge is 2.11. The summed E-state index contributed by atoms with van der Waals surface area (Å²) in [5.41, 5.74) is 1.48. The van der Waals surface area contributed by atoms with Gasteiger partial charge in [0.1, 0.15) is 0 Å². The van der Waals surface area contributed by atoms with E-state index in [4.69, 9.17) is 4.74 Å². The second kappa shape index (κ2) is 5.27. The summed E-state index contributed by atoms with van der Waals surface area (Å²) in [5.74, 6) is 0.234. The van der Waals surface area contributed by atoms with Crippen LogP contribution in [-0.2, 0) is 0 Å². The maximum atomic E-state index is 12.2. The molecule has 0 unspecified atom stereocenters. The Morgan fingerprint density at radius 3 is 2.89 bits per heavy atom. The highest BCUT2D eigenvalue weighted by atomic mass is 32.1. The maximum Gasteiger partial charge on any atom is 0.314 e. The quantitative estimate of drug-likeness (QED) is 0.863. The summed E-state index contributed by atoms with van der Waals surface area (Å²) in [5, 5.41) is 4.08. The van der Waals surface area contributed by atoms with Gasteiger partial charge in [0.05, 0.1) is 23.4 Å². The molecule has 0 fully saturated rings. The molecule has 0 saturated carbocycles. The topological polar surface area (TPSA) is 44.1 Å². The molecule has 0 aliphatic rings. The lowest BCUT2D eigenvalue weighted by atomic mass is 10.2. The number of nitrogens with zero attached hydrogens (tertiary/aromatic N) is 2. The second-order valence-electron chi connectivity index (χ2n) is 3.85. The summed E-state index contributed by atoms with van der Waals surface area (Å²) in [6.07, 6.45) is 1.51. The van der Waals surface area contributed by atoms with Crippen molar-refractivity contribution < 1.29 is 4.74 Å². The molecule has 1 aromatic heterocycles. The number of hydrogen-bond donors (Lipinski definition) is 1. The zero-order valence-corrected chi connectivity index (χ0v) is 11.1. The Kier molecular flexibility index (Phi) is 3.72. The molecule has 1 heterocycles. The van der Waals surface area contributed by atoms with E-state index < -0.39 is 0 Å². The fraction of sp³-hybridized carbons (Fsp3) is 0.231. The Bertz CT molecular complexity index is 623. The van der Waals surface area contributed by atoms with Gasteiger partial charge in [0, 0.05) is 0 Å². The van der Waals surface area contributed by atoms with Crippen molar-refractivity contribution in [1.29, 1.82) is 0 Å². The van der Waals surface area contributed by atoms with Crippen LogP contribution in [0.15, 0.2) is 40.2 Å². The lowest BCUT2D eigenvalue weighted by Crippen LogP contribution is -2.23. The van der Waals surface area contributed by atoms with E-state index in [0.29, 0.717) is 17.2 Å². The van der Waals surface area contributed by atoms with E-state index >= 15 is 0 Å². The molecular formula is C13H14N2O2S. The van der Waals surface area contributed by atoms with Crippen LogP contribution >= 0.6 is 12.6 Å². The molecule has 5 heteroatoms. The van der Waals surface area contributed by atoms with Crippen LogP contribution in [0.5, 0.6) is 5.75 Å². The standard InChI is InChI=1S/C13H14N2O2S/c1-3-17-12-11(18)8-14-15(13(12)16)10-6-4-5-9(2)7-10/h4-8,18H,3H2,1-2H3. The minimum absolute atomic E-state index is 0.234. The highest BCUT2D eigenvalue weighted by molar-refractivity contribution is 7.80. The van der Waals surface area contributed by atoms with Crippen molar-refractivity contribution in [2.24, 2.45) is 0 Å². The number of rotatable bonds is 3. The number of thiol groups is 1. The van der Waals surface area contributed by atoms with Crippen LogP contribution in [0.25, 0.3) is 5.69 Å². The number of benzene rings is 1. The minimum Gasteiger partial charge on any atom is -0.487 e. The molecule has 0 aliphatic carbocycles. The molecule has 2 aromatic rings. The maximum absolute atomic E-state index is 12.2. The molecule has 0 saturated heterocycles. The van der Waals surface area contributed by atoms with E-state index in [0.717, 1.165) is 5.56 Å². The molecule has 0 aliphatic heterocycles. The first-order valence-corrected chi connectivity index (χ1v) is 6.09. The molecule has 1 aromatic carbocycles. The zero-order chi connectivity index (χ0) is 13.1. The van der Waals surface area contributed by atoms with E-state index in [1.165, 1.54) is 10.9 Å². The van der Waals surface area contributed by atoms with Crippen molar-refractivity contribution in [2.75, 3.05) is 6.61 Å². The number of aryl methyl sites for hydroxylation is 1. The van der Waals surface area contributed by atoms with E-state index in [-0.39, 0.29) is 11.3 Å². The van der Waals surface area contributed by atoms with Crippen molar-refractivity contribution in [3.63, 3.8) is 0 Å². The predicted octanol–water partition coefficient (Wildman–Crippen LogP) is 2.23. The number of hydrogen-bond acceptors (Lipinski definition) is 4. The van der Waals surface area contributed by atoms with Gasteiger partial charge in [-0.2, -0.15) is 9.78 Å². The van der Waals surface area contributed by atoms with Crippen LogP contribution in [0.4, 0.5) is 0 Å². The summed E-state index contributed by atoms with van der Waals surface area (Å²) in [4.78, 5) is 12.7. The van der Waals surface area contributed by atoms with Crippen LogP contribution < -0.4 is 10.3 Å². The summed E-state index contributed by atoms with van der Waals surface area (Å²) in [7, 11) is 0. The summed E-state index contributed by atoms with van der Waals surface area (Å²) in [6, 6.07) is 7.57. The lowest BCUT2D eigenvalue weighted by molar-refractivity contribution is 0.323. The van der Waals surface area contributed by atoms with Gasteiger partial charge in [-0.3, -0.25) is 4.79 Å². The lowest BCUT2D eigenvalue weighted by Gasteiger charge is -2.09. The van der Waals surface area contributed by atoms with Crippen molar-refractivity contribution in [1.82, 2.24) is 9.78 Å². The van der Waals surface area contributed by atoms with Crippen LogP contribution in [0.2, 0.25) is 0 Å². The fourth-order valence-electron chi connectivity index (χ4n) is 1.65. The summed E-state index contributed by atoms with van der Waals surface area (Å²) in [6.45, 7) is 4.20. The van der Waals surface area contributed by atoms with Gasteiger partial charge in [0.25, 0.3) is 0 Å². The van der Waals surface area contributed by atoms with E-state index in [1.807, 2.05) is 38.1 Å². The molecule has 2 rings (SSSR count). The molecule has 94 valence electrons. The summed E-state index contributed by atoms with van der Waals surface area (Å²) < 4.78 is 6.63. The third kappa shape index (κ3) is 2.41. The second-order valence-corrected chi connectivity index (χ2v) is 4.33. The monoisotopic (exact) mass is 262 g/mol. The molecule has 0 amide bonds. The van der Waals surface area contributed by atoms with Crippen LogP contribution in [-0.4, -0.2) is 16.4 Å². The Morgan fingerprint density at radius 1 is 1.44 bits per heavy atom. The largest absolute Gasteiger partial charge is 0.487 e. The van der Waals surface area contributed by atoms with Crippen molar-refractivity contribution in [2.45, 2.75) is 18.7 Å². The number of ether oxygens (including phenoxy) is 1. The Labute approximate surface area is 111 Å². The Hall–Kier alpha value is -1.75. The molecule has 18 heavy (non-hydrogen) atoms. The summed E-state index contributed by atoms with van der Waals surface area (Å²) >= 11 is 4.18. The van der Waals surface area contributed by atoms with Gasteiger partial charge in [-0.25, -0.2) is 0 Å². The van der Waals surface area contributed by atoms with Crippen LogP contribution in [0, 0.1) is 6.92 Å². The smallest absolute Gasteiger partial charge is 0.314 e. The van der Waals surface area contributed by atoms with Crippen molar-refractivity contribution >= 4 is 12.6 Å². The average Bonchev–Trinajstić information content (AvgIpc) is 2.34. The van der Waals surface area contributed by atoms with Crippen LogP contribution in [0.1, 0.15) is 12.5 Å². The van der Waals surface area contributed by atoms with Gasteiger partial charge in [0.2, 0.25) is 5.75 Å². The van der Waals surface area contributed by atoms with Crippen LogP contribution in [0.3, 0.4) is 0 Å². The van der Waals surface area contributed by atoms with E-state index in [2.05, 4.69) is 17.7 Å². The predicted molar refractivity (Wildman–Crippen MR) is 73.0 cm³/mol. The molecular weight excluding hydrogens is 248 g/mol. The molecule has 0 N–H and O–H groups in total. The van der Waals surface area contributed by atoms with Gasteiger partial charge < -0.3 is 4.74 Å². The average molecular weight is 262 g/mol. The first-order valence-electron chi connectivity index (χ1n) is 5.64. The van der Waals surface area contributed by atoms with Gasteiger partial charge in [0.15, 0.2) is 0 Å². The van der Waals surface area contributed by atoms with Gasteiger partial charge >= 0.3 is 5.56 Å². The normalized spacial score (nSPS) is 10.4. The minimum atomic E-state index is -0.296. The Morgan fingerprint density at radius 2 is 2.22 bits per heavy atom. The van der Waals surface area contributed by atoms with Crippen molar-refractivity contribution in [3.8, 4) is 11.4 Å². The van der Waals surface area contributed by atoms with E-state index in [9.17, 15) is 4.79 Å². The van der Waals surface area contributed by atoms with Crippen molar-refractivity contribution in [3.05, 3.63) is 46.4 Å². The number of aromatic nitrogens is 2. The molecule has 0 bridgehead atoms. The molecule has 4 nitrogen and oxygen atoms in total. The molecule has 0 atom stereocenters. The fourth-order valence-corrected chi connectivity index (χ4v) is 1.86. The molecule has 0 spiro atoms. The third-order valence-corrected chi connectivity index (χ3v) is 2.77. The SMILES string of the molecule is CCOc1c(S)cnn(-c2cccc(C)c2)c1=O. The first kappa shape index (κ1) is 12.7. The first-order chi connectivity index (χ1) is 8.63. The third-order valence-electron chi connectivity index (χ3n) is 2.45. The van der Waals surface area contributed by atoms with Gasteiger partial charge in [-0.15, -0.1) is 12.6 Å².